The first-order valence-corrected chi connectivity index (χ1v) is 6.91. The molecule has 19 heavy (non-hydrogen) atoms. The topological polar surface area (TPSA) is 21.3 Å². The van der Waals surface area contributed by atoms with Gasteiger partial charge in [-0.3, -0.25) is 0 Å². The second kappa shape index (κ2) is 5.22. The van der Waals surface area contributed by atoms with Gasteiger partial charge in [-0.2, -0.15) is 0 Å². The average molecular weight is 265 g/mol. The Morgan fingerprint density at radius 2 is 2.11 bits per heavy atom. The second-order valence-corrected chi connectivity index (χ2v) is 6.23. The van der Waals surface area contributed by atoms with Crippen LogP contribution in [0.5, 0.6) is 0 Å². The normalized spacial score (nSPS) is 26.8. The van der Waals surface area contributed by atoms with E-state index in [1.165, 1.54) is 0 Å². The van der Waals surface area contributed by atoms with Crippen LogP contribution in [0, 0.1) is 18.2 Å². The highest BCUT2D eigenvalue weighted by Crippen LogP contribution is 2.43. The summed E-state index contributed by atoms with van der Waals surface area (Å²) in [4.78, 5) is 0. The minimum Gasteiger partial charge on any atom is -0.381 e. The van der Waals surface area contributed by atoms with Crippen LogP contribution in [0.2, 0.25) is 0 Å². The third-order valence-corrected chi connectivity index (χ3v) is 4.61. The predicted octanol–water partition coefficient (Wildman–Crippen LogP) is 3.60. The summed E-state index contributed by atoms with van der Waals surface area (Å²) < 4.78 is 19.0. The molecule has 2 rings (SSSR count). The molecule has 3 unspecified atom stereocenters. The molecule has 0 heterocycles. The molecule has 0 saturated heterocycles. The van der Waals surface area contributed by atoms with Gasteiger partial charge in [0, 0.05) is 24.6 Å². The molecule has 0 radical (unpaired) electrons. The van der Waals surface area contributed by atoms with Crippen LogP contribution in [-0.4, -0.2) is 19.3 Å². The third kappa shape index (κ3) is 2.67. The van der Waals surface area contributed by atoms with Gasteiger partial charge in [0.2, 0.25) is 0 Å². The summed E-state index contributed by atoms with van der Waals surface area (Å²) in [6.45, 7) is 8.30. The van der Waals surface area contributed by atoms with Gasteiger partial charge in [0.1, 0.15) is 5.82 Å². The largest absolute Gasteiger partial charge is 0.381 e. The molecular weight excluding hydrogens is 241 g/mol. The number of benzene rings is 1. The van der Waals surface area contributed by atoms with E-state index in [-0.39, 0.29) is 17.3 Å². The number of methoxy groups -OCH3 is 1. The van der Waals surface area contributed by atoms with E-state index in [9.17, 15) is 4.39 Å². The van der Waals surface area contributed by atoms with Crippen LogP contribution in [-0.2, 0) is 4.74 Å². The smallest absolute Gasteiger partial charge is 0.126 e. The molecule has 1 saturated carbocycles. The predicted molar refractivity (Wildman–Crippen MR) is 75.7 cm³/mol. The van der Waals surface area contributed by atoms with Crippen LogP contribution >= 0.6 is 0 Å². The molecule has 3 atom stereocenters. The maximum atomic E-state index is 13.6. The Bertz CT molecular complexity index is 458. The Kier molecular flexibility index (Phi) is 3.98. The van der Waals surface area contributed by atoms with Crippen molar-refractivity contribution in [3.8, 4) is 0 Å². The van der Waals surface area contributed by atoms with Crippen molar-refractivity contribution in [3.05, 3.63) is 35.1 Å². The van der Waals surface area contributed by atoms with Crippen molar-refractivity contribution in [2.24, 2.45) is 5.41 Å². The molecule has 0 aliphatic heterocycles. The van der Waals surface area contributed by atoms with Crippen LogP contribution in [0.15, 0.2) is 18.2 Å². The summed E-state index contributed by atoms with van der Waals surface area (Å²) in [5.41, 5.74) is 1.82. The van der Waals surface area contributed by atoms with Crippen molar-refractivity contribution < 1.29 is 9.13 Å². The molecule has 3 heteroatoms. The molecule has 1 aromatic carbocycles. The minimum atomic E-state index is -0.131. The van der Waals surface area contributed by atoms with Crippen molar-refractivity contribution in [2.75, 3.05) is 7.11 Å². The Balaban J connectivity index is 2.02. The zero-order valence-corrected chi connectivity index (χ0v) is 12.5. The molecule has 0 spiro atoms. The molecule has 2 nitrogen and oxygen atoms in total. The summed E-state index contributed by atoms with van der Waals surface area (Å²) in [6.07, 6.45) is 1.33. The average Bonchev–Trinajstić information content (AvgIpc) is 2.36. The van der Waals surface area contributed by atoms with Gasteiger partial charge in [-0.1, -0.05) is 26.0 Å². The monoisotopic (exact) mass is 265 g/mol. The SMILES string of the molecule is COC1CC(NC(C)c2ccc(C)c(F)c2)C1(C)C. The molecule has 0 amide bonds. The number of hydrogen-bond donors (Lipinski definition) is 1. The minimum absolute atomic E-state index is 0.131. The van der Waals surface area contributed by atoms with E-state index in [1.807, 2.05) is 12.1 Å². The summed E-state index contributed by atoms with van der Waals surface area (Å²) in [5.74, 6) is -0.131. The molecule has 106 valence electrons. The Morgan fingerprint density at radius 1 is 1.42 bits per heavy atom. The van der Waals surface area contributed by atoms with Gasteiger partial charge in [-0.25, -0.2) is 4.39 Å². The number of aryl methyl sites for hydroxylation is 1. The van der Waals surface area contributed by atoms with Crippen LogP contribution in [0.4, 0.5) is 4.39 Å². The zero-order chi connectivity index (χ0) is 14.2. The number of hydrogen-bond acceptors (Lipinski definition) is 2. The van der Waals surface area contributed by atoms with E-state index in [4.69, 9.17) is 4.74 Å². The zero-order valence-electron chi connectivity index (χ0n) is 12.5. The fourth-order valence-corrected chi connectivity index (χ4v) is 2.84. The van der Waals surface area contributed by atoms with Crippen LogP contribution in [0.1, 0.15) is 44.4 Å². The lowest BCUT2D eigenvalue weighted by Gasteiger charge is -2.52. The van der Waals surface area contributed by atoms with Gasteiger partial charge in [-0.05, 0) is 37.5 Å². The van der Waals surface area contributed by atoms with Crippen molar-refractivity contribution in [1.29, 1.82) is 0 Å². The number of halogens is 1. The Labute approximate surface area is 115 Å². The van der Waals surface area contributed by atoms with Crippen LogP contribution < -0.4 is 5.32 Å². The molecule has 1 aromatic rings. The third-order valence-electron chi connectivity index (χ3n) is 4.61. The Morgan fingerprint density at radius 3 is 2.63 bits per heavy atom. The molecule has 0 bridgehead atoms. The first-order chi connectivity index (χ1) is 8.86. The van der Waals surface area contributed by atoms with Crippen molar-refractivity contribution in [3.63, 3.8) is 0 Å². The van der Waals surface area contributed by atoms with Crippen molar-refractivity contribution in [2.45, 2.75) is 52.3 Å². The second-order valence-electron chi connectivity index (χ2n) is 6.23. The quantitative estimate of drug-likeness (QED) is 0.898. The van der Waals surface area contributed by atoms with Gasteiger partial charge < -0.3 is 10.1 Å². The van der Waals surface area contributed by atoms with Crippen LogP contribution in [0.25, 0.3) is 0 Å². The van der Waals surface area contributed by atoms with Crippen molar-refractivity contribution in [1.82, 2.24) is 5.32 Å². The first-order valence-electron chi connectivity index (χ1n) is 6.91. The Hall–Kier alpha value is -0.930. The maximum Gasteiger partial charge on any atom is 0.126 e. The highest BCUT2D eigenvalue weighted by atomic mass is 19.1. The standard InChI is InChI=1S/C16H24FNO/c1-10-6-7-12(8-13(10)17)11(2)18-14-9-15(19-5)16(14,3)4/h6-8,11,14-15,18H,9H2,1-5H3. The van der Waals surface area contributed by atoms with Gasteiger partial charge >= 0.3 is 0 Å². The molecular formula is C16H24FNO. The van der Waals surface area contributed by atoms with E-state index < -0.39 is 0 Å². The van der Waals surface area contributed by atoms with Gasteiger partial charge in [0.15, 0.2) is 0 Å². The number of nitrogens with one attached hydrogen (secondary N) is 1. The van der Waals surface area contributed by atoms with E-state index in [0.29, 0.717) is 17.7 Å². The van der Waals surface area contributed by atoms with Crippen molar-refractivity contribution >= 4 is 0 Å². The molecule has 1 aliphatic rings. The first kappa shape index (κ1) is 14.5. The maximum absolute atomic E-state index is 13.6. The van der Waals surface area contributed by atoms with Crippen LogP contribution in [0.3, 0.4) is 0 Å². The van der Waals surface area contributed by atoms with E-state index in [2.05, 4.69) is 26.1 Å². The fraction of sp³-hybridized carbons (Fsp3) is 0.625. The summed E-state index contributed by atoms with van der Waals surface area (Å²) in [7, 11) is 1.77. The summed E-state index contributed by atoms with van der Waals surface area (Å²) in [5, 5.41) is 3.59. The molecule has 1 N–H and O–H groups in total. The summed E-state index contributed by atoms with van der Waals surface area (Å²) >= 11 is 0. The number of rotatable bonds is 4. The van der Waals surface area contributed by atoms with E-state index in [0.717, 1.165) is 12.0 Å². The highest BCUT2D eigenvalue weighted by molar-refractivity contribution is 5.25. The lowest BCUT2D eigenvalue weighted by Crippen LogP contribution is -2.60. The van der Waals surface area contributed by atoms with E-state index >= 15 is 0 Å². The summed E-state index contributed by atoms with van der Waals surface area (Å²) in [6, 6.07) is 6.03. The lowest BCUT2D eigenvalue weighted by atomic mass is 9.64. The van der Waals surface area contributed by atoms with Gasteiger partial charge in [-0.15, -0.1) is 0 Å². The fourth-order valence-electron chi connectivity index (χ4n) is 2.84. The molecule has 0 aromatic heterocycles. The van der Waals surface area contributed by atoms with E-state index in [1.54, 1.807) is 20.1 Å². The molecule has 1 fully saturated rings. The van der Waals surface area contributed by atoms with Gasteiger partial charge in [0.05, 0.1) is 6.10 Å². The highest BCUT2D eigenvalue weighted by Gasteiger charge is 2.48. The molecule has 1 aliphatic carbocycles. The number of ether oxygens (including phenoxy) is 1. The van der Waals surface area contributed by atoms with Gasteiger partial charge in [0.25, 0.3) is 0 Å². The lowest BCUT2D eigenvalue weighted by molar-refractivity contribution is -0.0999.